The average molecular weight is 488 g/mol. The molecule has 2 saturated carbocycles. The van der Waals surface area contributed by atoms with Gasteiger partial charge in [-0.25, -0.2) is 4.98 Å². The number of hydrogen-bond donors (Lipinski definition) is 2. The van der Waals surface area contributed by atoms with Crippen molar-refractivity contribution in [1.29, 1.82) is 0 Å². The van der Waals surface area contributed by atoms with E-state index in [2.05, 4.69) is 35.8 Å². The zero-order valence-corrected chi connectivity index (χ0v) is 22.0. The second kappa shape index (κ2) is 9.60. The van der Waals surface area contributed by atoms with E-state index in [0.29, 0.717) is 17.4 Å². The summed E-state index contributed by atoms with van der Waals surface area (Å²) in [7, 11) is 4.03. The van der Waals surface area contributed by atoms with Crippen LogP contribution < -0.4 is 20.3 Å². The van der Waals surface area contributed by atoms with E-state index in [1.165, 1.54) is 5.56 Å². The van der Waals surface area contributed by atoms with Crippen molar-refractivity contribution in [1.82, 2.24) is 15.3 Å². The van der Waals surface area contributed by atoms with Gasteiger partial charge in [0.2, 0.25) is 5.95 Å². The minimum Gasteiger partial charge on any atom is -0.483 e. The third-order valence-electron chi connectivity index (χ3n) is 7.80. The molecule has 0 aliphatic heterocycles. The lowest BCUT2D eigenvalue weighted by Gasteiger charge is -2.30. The number of para-hydroxylation sites is 1. The van der Waals surface area contributed by atoms with Crippen LogP contribution in [0.1, 0.15) is 48.8 Å². The van der Waals surface area contributed by atoms with Crippen LogP contribution in [0.25, 0.3) is 10.9 Å². The molecule has 2 aliphatic rings. The van der Waals surface area contributed by atoms with Crippen LogP contribution in [-0.4, -0.2) is 48.7 Å². The number of ether oxygens (including phenoxy) is 1. The van der Waals surface area contributed by atoms with Crippen LogP contribution in [0.15, 0.2) is 36.4 Å². The van der Waals surface area contributed by atoms with E-state index in [-0.39, 0.29) is 18.6 Å². The average Bonchev–Trinajstić information content (AvgIpc) is 3.50. The number of hydrogen-bond acceptors (Lipinski definition) is 6. The molecule has 36 heavy (non-hydrogen) atoms. The van der Waals surface area contributed by atoms with Gasteiger partial charge in [0.25, 0.3) is 5.91 Å². The van der Waals surface area contributed by atoms with Crippen molar-refractivity contribution < 1.29 is 9.53 Å². The molecule has 0 saturated heterocycles. The lowest BCUT2D eigenvalue weighted by atomic mass is 9.82. The molecule has 2 aliphatic carbocycles. The van der Waals surface area contributed by atoms with Gasteiger partial charge in [-0.3, -0.25) is 4.79 Å². The van der Waals surface area contributed by atoms with Crippen LogP contribution in [0, 0.1) is 26.2 Å². The van der Waals surface area contributed by atoms with Crippen LogP contribution >= 0.6 is 0 Å². The Kier molecular flexibility index (Phi) is 6.49. The van der Waals surface area contributed by atoms with Crippen LogP contribution in [0.3, 0.4) is 0 Å². The molecule has 2 N–H and O–H groups in total. The summed E-state index contributed by atoms with van der Waals surface area (Å²) in [5.41, 5.74) is 4.59. The van der Waals surface area contributed by atoms with Crippen LogP contribution in [-0.2, 0) is 4.79 Å². The number of aromatic nitrogens is 2. The number of fused-ring (bicyclic) bond motifs is 1. The maximum absolute atomic E-state index is 12.6. The third kappa shape index (κ3) is 4.97. The number of amides is 1. The van der Waals surface area contributed by atoms with Gasteiger partial charge in [0, 0.05) is 31.6 Å². The normalized spacial score (nSPS) is 22.9. The minimum atomic E-state index is -0.0402. The number of aryl methyl sites for hydroxylation is 3. The highest BCUT2D eigenvalue weighted by molar-refractivity contribution is 5.90. The van der Waals surface area contributed by atoms with Crippen molar-refractivity contribution in [2.75, 3.05) is 30.9 Å². The zero-order chi connectivity index (χ0) is 25.4. The Morgan fingerprint density at radius 3 is 2.47 bits per heavy atom. The molecule has 1 unspecified atom stereocenters. The fourth-order valence-electron chi connectivity index (χ4n) is 5.86. The summed E-state index contributed by atoms with van der Waals surface area (Å²) in [4.78, 5) is 24.2. The van der Waals surface area contributed by atoms with Crippen molar-refractivity contribution in [2.24, 2.45) is 5.41 Å². The summed E-state index contributed by atoms with van der Waals surface area (Å²) in [6.07, 6.45) is 5.32. The van der Waals surface area contributed by atoms with Crippen molar-refractivity contribution in [3.8, 4) is 5.75 Å². The van der Waals surface area contributed by atoms with Crippen molar-refractivity contribution >= 4 is 28.6 Å². The maximum Gasteiger partial charge on any atom is 0.258 e. The number of nitrogens with zero attached hydrogens (tertiary/aromatic N) is 3. The molecule has 2 fully saturated rings. The first-order chi connectivity index (χ1) is 17.2. The predicted molar refractivity (Wildman–Crippen MR) is 145 cm³/mol. The topological polar surface area (TPSA) is 79.4 Å². The molecule has 7 nitrogen and oxygen atoms in total. The van der Waals surface area contributed by atoms with Crippen molar-refractivity contribution in [3.63, 3.8) is 0 Å². The molecule has 0 bridgehead atoms. The summed E-state index contributed by atoms with van der Waals surface area (Å²) >= 11 is 0. The number of carbonyl (C=O) groups excluding carboxylic acids is 1. The fraction of sp³-hybridized carbons (Fsp3) is 0.483. The predicted octanol–water partition coefficient (Wildman–Crippen LogP) is 4.93. The van der Waals surface area contributed by atoms with Gasteiger partial charge in [-0.1, -0.05) is 29.8 Å². The Balaban J connectivity index is 1.13. The largest absolute Gasteiger partial charge is 0.483 e. The van der Waals surface area contributed by atoms with Crippen molar-refractivity contribution in [3.05, 3.63) is 53.1 Å². The summed E-state index contributed by atoms with van der Waals surface area (Å²) in [6.45, 7) is 6.18. The third-order valence-corrected chi connectivity index (χ3v) is 7.80. The van der Waals surface area contributed by atoms with Gasteiger partial charge >= 0.3 is 0 Å². The van der Waals surface area contributed by atoms with Gasteiger partial charge in [-0.05, 0) is 81.5 Å². The quantitative estimate of drug-likeness (QED) is 0.492. The van der Waals surface area contributed by atoms with Crippen LogP contribution in [0.4, 0.5) is 11.8 Å². The highest BCUT2D eigenvalue weighted by Gasteiger charge is 2.55. The molecule has 0 radical (unpaired) electrons. The molecule has 7 heteroatoms. The number of anilines is 2. The maximum atomic E-state index is 12.6. The van der Waals surface area contributed by atoms with Gasteiger partial charge in [0.15, 0.2) is 6.61 Å². The first-order valence-electron chi connectivity index (χ1n) is 12.9. The highest BCUT2D eigenvalue weighted by atomic mass is 16.5. The van der Waals surface area contributed by atoms with E-state index in [9.17, 15) is 4.79 Å². The first-order valence-corrected chi connectivity index (χ1v) is 12.9. The standard InChI is InChI=1S/C29H37N5O2/c1-18-14-19(2)26(20(3)15-18)36-17-25(35)30-21-10-12-29(13-11-21)16-24(29)32-28-31-23-9-7-6-8-22(23)27(33-28)34(4)5/h6-9,14-15,21,24H,10-13,16-17H2,1-5H3,(H,30,35)(H,31,32,33). The van der Waals surface area contributed by atoms with Crippen molar-refractivity contribution in [2.45, 2.75) is 65.0 Å². The molecule has 5 rings (SSSR count). The van der Waals surface area contributed by atoms with E-state index in [1.807, 2.05) is 51.0 Å². The van der Waals surface area contributed by atoms with E-state index in [1.54, 1.807) is 0 Å². The molecule has 1 atom stereocenters. The lowest BCUT2D eigenvalue weighted by molar-refractivity contribution is -0.124. The van der Waals surface area contributed by atoms with Gasteiger partial charge in [-0.15, -0.1) is 0 Å². The SMILES string of the molecule is Cc1cc(C)c(OCC(=O)NC2CCC3(CC2)CC3Nc2nc(N(C)C)c3ccccc3n2)c(C)c1. The zero-order valence-electron chi connectivity index (χ0n) is 22.0. The number of benzene rings is 2. The molecule has 1 amide bonds. The molecule has 1 heterocycles. The number of nitrogens with one attached hydrogen (secondary N) is 2. The minimum absolute atomic E-state index is 0.0402. The Hall–Kier alpha value is -3.35. The number of carbonyl (C=O) groups is 1. The molecule has 1 aromatic heterocycles. The van der Waals surface area contributed by atoms with E-state index >= 15 is 0 Å². The summed E-state index contributed by atoms with van der Waals surface area (Å²) in [6, 6.07) is 12.9. The van der Waals surface area contributed by atoms with Crippen LogP contribution in [0.5, 0.6) is 5.75 Å². The molecular formula is C29H37N5O2. The molecule has 190 valence electrons. The Bertz CT molecular complexity index is 1260. The van der Waals surface area contributed by atoms with Gasteiger partial charge in [0.05, 0.1) is 5.52 Å². The second-order valence-corrected chi connectivity index (χ2v) is 10.9. The second-order valence-electron chi connectivity index (χ2n) is 10.9. The van der Waals surface area contributed by atoms with E-state index in [0.717, 1.165) is 65.7 Å². The van der Waals surface area contributed by atoms with Crippen LogP contribution in [0.2, 0.25) is 0 Å². The monoisotopic (exact) mass is 487 g/mol. The highest BCUT2D eigenvalue weighted by Crippen LogP contribution is 2.57. The van der Waals surface area contributed by atoms with Gasteiger partial charge in [0.1, 0.15) is 11.6 Å². The lowest BCUT2D eigenvalue weighted by Crippen LogP contribution is -2.41. The Labute approximate surface area is 213 Å². The first kappa shape index (κ1) is 24.3. The van der Waals surface area contributed by atoms with E-state index in [4.69, 9.17) is 14.7 Å². The molecule has 1 spiro atoms. The van der Waals surface area contributed by atoms with Gasteiger partial charge < -0.3 is 20.3 Å². The van der Waals surface area contributed by atoms with Gasteiger partial charge in [-0.2, -0.15) is 4.98 Å². The molecule has 3 aromatic rings. The molecular weight excluding hydrogens is 450 g/mol. The fourth-order valence-corrected chi connectivity index (χ4v) is 5.86. The molecule has 2 aromatic carbocycles. The Morgan fingerprint density at radius 2 is 1.78 bits per heavy atom. The summed E-state index contributed by atoms with van der Waals surface area (Å²) < 4.78 is 5.88. The Morgan fingerprint density at radius 1 is 1.08 bits per heavy atom. The van der Waals surface area contributed by atoms with E-state index < -0.39 is 0 Å². The summed E-state index contributed by atoms with van der Waals surface area (Å²) in [5.74, 6) is 2.41. The summed E-state index contributed by atoms with van der Waals surface area (Å²) in [5, 5.41) is 7.87. The number of rotatable bonds is 7. The smallest absolute Gasteiger partial charge is 0.258 e.